The minimum absolute atomic E-state index is 0.197. The molecule has 0 atom stereocenters. The third-order valence-electron chi connectivity index (χ3n) is 3.90. The summed E-state index contributed by atoms with van der Waals surface area (Å²) < 4.78 is 12.4. The topological polar surface area (TPSA) is 103 Å². The molecule has 0 aliphatic rings. The number of aryl methyl sites for hydroxylation is 1. The van der Waals surface area contributed by atoms with Crippen LogP contribution < -0.4 is 15.4 Å². The summed E-state index contributed by atoms with van der Waals surface area (Å²) in [6.07, 6.45) is 3.51. The lowest BCUT2D eigenvalue weighted by atomic mass is 10.2. The maximum atomic E-state index is 11.3. The number of hydrogen-bond acceptors (Lipinski definition) is 7. The van der Waals surface area contributed by atoms with Gasteiger partial charge >= 0.3 is 0 Å². The summed E-state index contributed by atoms with van der Waals surface area (Å²) in [5.74, 6) is 1.27. The van der Waals surface area contributed by atoms with Gasteiger partial charge in [-0.15, -0.1) is 0 Å². The number of carbonyl (C=O) groups is 1. The predicted molar refractivity (Wildman–Crippen MR) is 106 cm³/mol. The zero-order valence-electron chi connectivity index (χ0n) is 16.2. The molecule has 28 heavy (non-hydrogen) atoms. The molecule has 9 heteroatoms. The molecule has 3 rings (SSSR count). The van der Waals surface area contributed by atoms with Gasteiger partial charge in [0.1, 0.15) is 11.6 Å². The summed E-state index contributed by atoms with van der Waals surface area (Å²) in [5.41, 5.74) is 3.11. The van der Waals surface area contributed by atoms with E-state index < -0.39 is 0 Å². The van der Waals surface area contributed by atoms with Gasteiger partial charge in [-0.1, -0.05) is 0 Å². The van der Waals surface area contributed by atoms with Crippen LogP contribution in [0.4, 0.5) is 17.3 Å². The molecule has 0 aliphatic heterocycles. The van der Waals surface area contributed by atoms with E-state index in [4.69, 9.17) is 9.47 Å². The van der Waals surface area contributed by atoms with Crippen LogP contribution in [-0.4, -0.2) is 39.9 Å². The second kappa shape index (κ2) is 8.49. The number of hydrogen-bond donors (Lipinski definition) is 2. The SMILES string of the molecule is COCc1cnc(NC(C)=O)cc1Nc1ccc(-c2ccn(C)n2)c(OC)n1. The number of pyridine rings is 2. The lowest BCUT2D eigenvalue weighted by Crippen LogP contribution is -2.09. The normalized spacial score (nSPS) is 10.6. The Morgan fingerprint density at radius 1 is 1.21 bits per heavy atom. The fourth-order valence-corrected chi connectivity index (χ4v) is 2.68. The monoisotopic (exact) mass is 382 g/mol. The van der Waals surface area contributed by atoms with Crippen molar-refractivity contribution in [2.45, 2.75) is 13.5 Å². The van der Waals surface area contributed by atoms with Crippen LogP contribution in [-0.2, 0) is 23.2 Å². The molecular weight excluding hydrogens is 360 g/mol. The highest BCUT2D eigenvalue weighted by Crippen LogP contribution is 2.30. The van der Waals surface area contributed by atoms with E-state index in [9.17, 15) is 4.79 Å². The average molecular weight is 382 g/mol. The number of amides is 1. The Kier molecular flexibility index (Phi) is 5.85. The first-order valence-electron chi connectivity index (χ1n) is 8.57. The number of carbonyl (C=O) groups excluding carboxylic acids is 1. The Morgan fingerprint density at radius 2 is 2.04 bits per heavy atom. The maximum Gasteiger partial charge on any atom is 0.224 e. The molecule has 3 aromatic heterocycles. The number of methoxy groups -OCH3 is 2. The molecule has 1 amide bonds. The Balaban J connectivity index is 1.93. The third kappa shape index (κ3) is 4.44. The van der Waals surface area contributed by atoms with Gasteiger partial charge in [0.2, 0.25) is 11.8 Å². The first-order chi connectivity index (χ1) is 13.5. The molecule has 0 saturated carbocycles. The summed E-state index contributed by atoms with van der Waals surface area (Å²) in [7, 11) is 5.03. The van der Waals surface area contributed by atoms with Crippen molar-refractivity contribution in [3.63, 3.8) is 0 Å². The van der Waals surface area contributed by atoms with Gasteiger partial charge < -0.3 is 20.1 Å². The molecule has 3 heterocycles. The summed E-state index contributed by atoms with van der Waals surface area (Å²) in [4.78, 5) is 20.1. The fourth-order valence-electron chi connectivity index (χ4n) is 2.68. The molecule has 0 unspecified atom stereocenters. The number of nitrogens with zero attached hydrogens (tertiary/aromatic N) is 4. The highest BCUT2D eigenvalue weighted by atomic mass is 16.5. The Bertz CT molecular complexity index is 986. The molecular formula is C19H22N6O3. The number of ether oxygens (including phenoxy) is 2. The van der Waals surface area contributed by atoms with E-state index in [0.29, 0.717) is 24.1 Å². The number of rotatable bonds is 7. The minimum Gasteiger partial charge on any atom is -0.480 e. The minimum atomic E-state index is -0.197. The Hall–Kier alpha value is -3.46. The van der Waals surface area contributed by atoms with Gasteiger partial charge in [-0.3, -0.25) is 9.48 Å². The summed E-state index contributed by atoms with van der Waals surface area (Å²) >= 11 is 0. The van der Waals surface area contributed by atoms with Crippen LogP contribution in [0.3, 0.4) is 0 Å². The molecule has 0 spiro atoms. The van der Waals surface area contributed by atoms with E-state index in [1.807, 2.05) is 31.4 Å². The number of anilines is 3. The molecule has 9 nitrogen and oxygen atoms in total. The van der Waals surface area contributed by atoms with Crippen LogP contribution in [0.5, 0.6) is 5.88 Å². The standard InChI is InChI=1S/C19H22N6O3/c1-12(26)21-18-9-16(13(10-20-18)11-27-3)22-17-6-5-14(19(23-17)28-4)15-7-8-25(2)24-15/h5-10H,11H2,1-4H3,(H2,20,21,22,23,26). The lowest BCUT2D eigenvalue weighted by molar-refractivity contribution is -0.114. The van der Waals surface area contributed by atoms with Crippen LogP contribution in [0.2, 0.25) is 0 Å². The van der Waals surface area contributed by atoms with E-state index in [1.54, 1.807) is 31.2 Å². The highest BCUT2D eigenvalue weighted by molar-refractivity contribution is 5.88. The van der Waals surface area contributed by atoms with E-state index in [-0.39, 0.29) is 5.91 Å². The van der Waals surface area contributed by atoms with Crippen LogP contribution in [0.1, 0.15) is 12.5 Å². The lowest BCUT2D eigenvalue weighted by Gasteiger charge is -2.14. The fraction of sp³-hybridized carbons (Fsp3) is 0.263. The van der Waals surface area contributed by atoms with E-state index in [0.717, 1.165) is 22.5 Å². The van der Waals surface area contributed by atoms with Gasteiger partial charge in [0.25, 0.3) is 0 Å². The van der Waals surface area contributed by atoms with Crippen molar-refractivity contribution in [1.82, 2.24) is 19.7 Å². The molecule has 3 aromatic rings. The summed E-state index contributed by atoms with van der Waals surface area (Å²) in [6, 6.07) is 7.35. The van der Waals surface area contributed by atoms with Crippen molar-refractivity contribution in [2.75, 3.05) is 24.9 Å². The van der Waals surface area contributed by atoms with Gasteiger partial charge in [-0.05, 0) is 18.2 Å². The van der Waals surface area contributed by atoms with Crippen LogP contribution in [0.25, 0.3) is 11.3 Å². The quantitative estimate of drug-likeness (QED) is 0.647. The van der Waals surface area contributed by atoms with Crippen molar-refractivity contribution in [3.8, 4) is 17.1 Å². The smallest absolute Gasteiger partial charge is 0.224 e. The van der Waals surface area contributed by atoms with Crippen LogP contribution in [0.15, 0.2) is 36.7 Å². The molecule has 0 aliphatic carbocycles. The number of aromatic nitrogens is 4. The summed E-state index contributed by atoms with van der Waals surface area (Å²) in [6.45, 7) is 1.79. The van der Waals surface area contributed by atoms with Crippen molar-refractivity contribution in [2.24, 2.45) is 7.05 Å². The van der Waals surface area contributed by atoms with E-state index in [1.165, 1.54) is 6.92 Å². The highest BCUT2D eigenvalue weighted by Gasteiger charge is 2.13. The average Bonchev–Trinajstić information content (AvgIpc) is 3.09. The second-order valence-electron chi connectivity index (χ2n) is 6.09. The molecule has 0 radical (unpaired) electrons. The molecule has 0 fully saturated rings. The van der Waals surface area contributed by atoms with Gasteiger partial charge in [-0.2, -0.15) is 10.1 Å². The summed E-state index contributed by atoms with van der Waals surface area (Å²) in [5, 5.41) is 10.3. The largest absolute Gasteiger partial charge is 0.480 e. The van der Waals surface area contributed by atoms with Crippen molar-refractivity contribution >= 4 is 23.2 Å². The predicted octanol–water partition coefficient (Wildman–Crippen LogP) is 2.73. The third-order valence-corrected chi connectivity index (χ3v) is 3.90. The van der Waals surface area contributed by atoms with Gasteiger partial charge in [-0.25, -0.2) is 4.98 Å². The van der Waals surface area contributed by atoms with Crippen LogP contribution in [0, 0.1) is 0 Å². The van der Waals surface area contributed by atoms with Crippen molar-refractivity contribution in [3.05, 3.63) is 42.2 Å². The zero-order valence-corrected chi connectivity index (χ0v) is 16.2. The molecule has 2 N–H and O–H groups in total. The molecule has 0 saturated heterocycles. The van der Waals surface area contributed by atoms with Gasteiger partial charge in [0, 0.05) is 45.1 Å². The van der Waals surface area contributed by atoms with Crippen molar-refractivity contribution < 1.29 is 14.3 Å². The van der Waals surface area contributed by atoms with E-state index >= 15 is 0 Å². The molecule has 0 aromatic carbocycles. The van der Waals surface area contributed by atoms with E-state index in [2.05, 4.69) is 25.7 Å². The molecule has 0 bridgehead atoms. The first kappa shape index (κ1) is 19.3. The van der Waals surface area contributed by atoms with Gasteiger partial charge in [0.05, 0.1) is 30.7 Å². The Morgan fingerprint density at radius 3 is 2.68 bits per heavy atom. The Labute approximate surface area is 162 Å². The van der Waals surface area contributed by atoms with Crippen LogP contribution >= 0.6 is 0 Å². The second-order valence-corrected chi connectivity index (χ2v) is 6.09. The van der Waals surface area contributed by atoms with Gasteiger partial charge in [0.15, 0.2) is 0 Å². The number of nitrogens with one attached hydrogen (secondary N) is 2. The van der Waals surface area contributed by atoms with Crippen molar-refractivity contribution in [1.29, 1.82) is 0 Å². The zero-order chi connectivity index (χ0) is 20.1. The first-order valence-corrected chi connectivity index (χ1v) is 8.57. The molecule has 146 valence electrons. The maximum absolute atomic E-state index is 11.3.